The van der Waals surface area contributed by atoms with E-state index < -0.39 is 5.60 Å². The Morgan fingerprint density at radius 1 is 1.11 bits per heavy atom. The van der Waals surface area contributed by atoms with Gasteiger partial charge in [-0.05, 0) is 63.1 Å². The van der Waals surface area contributed by atoms with Gasteiger partial charge in [0.15, 0.2) is 0 Å². The van der Waals surface area contributed by atoms with Crippen LogP contribution in [0.4, 0.5) is 4.39 Å². The molecule has 1 aliphatic rings. The van der Waals surface area contributed by atoms with Crippen LogP contribution in [-0.2, 0) is 5.60 Å². The molecule has 28 heavy (non-hydrogen) atoms. The van der Waals surface area contributed by atoms with Crippen LogP contribution in [0.3, 0.4) is 0 Å². The van der Waals surface area contributed by atoms with Crippen LogP contribution in [0, 0.1) is 5.82 Å². The van der Waals surface area contributed by atoms with Crippen molar-refractivity contribution in [3.63, 3.8) is 0 Å². The summed E-state index contributed by atoms with van der Waals surface area (Å²) in [5, 5.41) is 18.3. The number of aromatic amines is 1. The summed E-state index contributed by atoms with van der Waals surface area (Å²) in [6.45, 7) is 3.50. The SMILES string of the molecule is CC(C)(O)c1cnc2ccc(-c3c(-c4ccc(F)cc4)n[nH]c3C3CC3)cn12. The third-order valence-corrected chi connectivity index (χ3v) is 5.32. The number of aromatic nitrogens is 4. The number of nitrogens with one attached hydrogen (secondary N) is 1. The van der Waals surface area contributed by atoms with Crippen LogP contribution in [0.5, 0.6) is 0 Å². The van der Waals surface area contributed by atoms with Crippen molar-refractivity contribution in [3.05, 3.63) is 66.0 Å². The molecule has 2 N–H and O–H groups in total. The Bertz CT molecular complexity index is 1160. The third-order valence-electron chi connectivity index (χ3n) is 5.32. The summed E-state index contributed by atoms with van der Waals surface area (Å²) in [5.74, 6) is 0.210. The lowest BCUT2D eigenvalue weighted by molar-refractivity contribution is 0.0730. The van der Waals surface area contributed by atoms with Gasteiger partial charge >= 0.3 is 0 Å². The molecule has 0 unspecified atom stereocenters. The summed E-state index contributed by atoms with van der Waals surface area (Å²) in [7, 11) is 0. The van der Waals surface area contributed by atoms with E-state index in [1.54, 1.807) is 32.2 Å². The lowest BCUT2D eigenvalue weighted by atomic mass is 9.98. The first kappa shape index (κ1) is 17.1. The largest absolute Gasteiger partial charge is 0.384 e. The summed E-state index contributed by atoms with van der Waals surface area (Å²) < 4.78 is 15.3. The van der Waals surface area contributed by atoms with E-state index in [2.05, 4.69) is 15.2 Å². The molecular formula is C22H21FN4O. The van der Waals surface area contributed by atoms with Crippen molar-refractivity contribution < 1.29 is 9.50 Å². The van der Waals surface area contributed by atoms with Crippen molar-refractivity contribution in [1.82, 2.24) is 19.6 Å². The van der Waals surface area contributed by atoms with Crippen molar-refractivity contribution in [2.45, 2.75) is 38.2 Å². The number of H-pyrrole nitrogens is 1. The minimum Gasteiger partial charge on any atom is -0.384 e. The Morgan fingerprint density at radius 2 is 1.82 bits per heavy atom. The van der Waals surface area contributed by atoms with Gasteiger partial charge in [-0.15, -0.1) is 0 Å². The molecule has 4 aromatic rings. The molecule has 1 fully saturated rings. The fraction of sp³-hybridized carbons (Fsp3) is 0.273. The second kappa shape index (κ2) is 6.01. The van der Waals surface area contributed by atoms with Crippen LogP contribution in [0.15, 0.2) is 48.8 Å². The van der Waals surface area contributed by atoms with Crippen LogP contribution >= 0.6 is 0 Å². The summed E-state index contributed by atoms with van der Waals surface area (Å²) in [6.07, 6.45) is 5.98. The normalized spacial score (nSPS) is 14.7. The van der Waals surface area contributed by atoms with Gasteiger partial charge in [0.05, 0.1) is 11.9 Å². The molecule has 142 valence electrons. The first-order valence-electron chi connectivity index (χ1n) is 9.46. The molecule has 3 heterocycles. The van der Waals surface area contributed by atoms with E-state index in [-0.39, 0.29) is 5.82 Å². The third kappa shape index (κ3) is 2.81. The Kier molecular flexibility index (Phi) is 3.67. The van der Waals surface area contributed by atoms with Crippen molar-refractivity contribution >= 4 is 5.65 Å². The fourth-order valence-electron chi connectivity index (χ4n) is 3.71. The molecule has 5 rings (SSSR count). The van der Waals surface area contributed by atoms with Gasteiger partial charge in [-0.3, -0.25) is 5.10 Å². The topological polar surface area (TPSA) is 66.2 Å². The molecule has 0 aliphatic heterocycles. The zero-order valence-corrected chi connectivity index (χ0v) is 15.8. The Balaban J connectivity index is 1.72. The number of rotatable bonds is 4. The second-order valence-corrected chi connectivity index (χ2v) is 7.99. The number of benzene rings is 1. The quantitative estimate of drug-likeness (QED) is 0.545. The maximum atomic E-state index is 13.4. The lowest BCUT2D eigenvalue weighted by Gasteiger charge is -2.17. The summed E-state index contributed by atoms with van der Waals surface area (Å²) in [5.41, 5.74) is 5.32. The van der Waals surface area contributed by atoms with E-state index in [9.17, 15) is 9.50 Å². The molecule has 0 atom stereocenters. The number of pyridine rings is 1. The molecule has 0 bridgehead atoms. The van der Waals surface area contributed by atoms with Gasteiger partial charge in [-0.1, -0.05) is 0 Å². The zero-order chi connectivity index (χ0) is 19.5. The molecule has 0 spiro atoms. The number of imidazole rings is 1. The van der Waals surface area contributed by atoms with Gasteiger partial charge in [-0.2, -0.15) is 5.10 Å². The average molecular weight is 376 g/mol. The van der Waals surface area contributed by atoms with Crippen LogP contribution in [0.25, 0.3) is 28.0 Å². The highest BCUT2D eigenvalue weighted by Crippen LogP contribution is 2.46. The molecule has 0 saturated heterocycles. The zero-order valence-electron chi connectivity index (χ0n) is 15.8. The van der Waals surface area contributed by atoms with Crippen LogP contribution in [-0.4, -0.2) is 24.7 Å². The van der Waals surface area contributed by atoms with Crippen LogP contribution in [0.1, 0.15) is 44.0 Å². The molecule has 0 amide bonds. The van der Waals surface area contributed by atoms with Crippen LogP contribution in [0.2, 0.25) is 0 Å². The molecular weight excluding hydrogens is 355 g/mol. The van der Waals surface area contributed by atoms with Crippen molar-refractivity contribution in [3.8, 4) is 22.4 Å². The average Bonchev–Trinajstić information content (AvgIpc) is 3.25. The predicted molar refractivity (Wildman–Crippen MR) is 105 cm³/mol. The summed E-state index contributed by atoms with van der Waals surface area (Å²) in [6, 6.07) is 10.4. The first-order valence-corrected chi connectivity index (χ1v) is 9.46. The number of nitrogens with zero attached hydrogens (tertiary/aromatic N) is 3. The van der Waals surface area contributed by atoms with Gasteiger partial charge in [0.1, 0.15) is 22.8 Å². The highest BCUT2D eigenvalue weighted by molar-refractivity contribution is 5.83. The monoisotopic (exact) mass is 376 g/mol. The number of hydrogen-bond donors (Lipinski definition) is 2. The Hall–Kier alpha value is -2.99. The van der Waals surface area contributed by atoms with Gasteiger partial charge in [0.25, 0.3) is 0 Å². The minimum absolute atomic E-state index is 0.266. The van der Waals surface area contributed by atoms with E-state index in [0.717, 1.165) is 52.3 Å². The highest BCUT2D eigenvalue weighted by Gasteiger charge is 2.31. The standard InChI is InChI=1S/C22H21FN4O/c1-22(2,28)17-11-24-18-10-7-15(12-27(17)18)19-20(13-3-4-13)25-26-21(19)14-5-8-16(23)9-6-14/h5-13,28H,3-4H2,1-2H3,(H,25,26). The Labute approximate surface area is 161 Å². The predicted octanol–water partition coefficient (Wildman–Crippen LogP) is 4.64. The maximum Gasteiger partial charge on any atom is 0.137 e. The number of fused-ring (bicyclic) bond motifs is 1. The molecule has 1 aromatic carbocycles. The van der Waals surface area contributed by atoms with Crippen molar-refractivity contribution in [2.24, 2.45) is 0 Å². The van der Waals surface area contributed by atoms with Crippen molar-refractivity contribution in [2.75, 3.05) is 0 Å². The molecule has 3 aromatic heterocycles. The van der Waals surface area contributed by atoms with E-state index in [0.29, 0.717) is 5.92 Å². The molecule has 1 saturated carbocycles. The van der Waals surface area contributed by atoms with Gasteiger partial charge in [0, 0.05) is 34.5 Å². The van der Waals surface area contributed by atoms with E-state index in [4.69, 9.17) is 0 Å². The summed E-state index contributed by atoms with van der Waals surface area (Å²) in [4.78, 5) is 4.41. The lowest BCUT2D eigenvalue weighted by Crippen LogP contribution is -2.18. The smallest absolute Gasteiger partial charge is 0.137 e. The number of hydrogen-bond acceptors (Lipinski definition) is 3. The van der Waals surface area contributed by atoms with Crippen LogP contribution < -0.4 is 0 Å². The van der Waals surface area contributed by atoms with E-state index in [1.807, 2.05) is 22.7 Å². The number of aliphatic hydroxyl groups is 1. The van der Waals surface area contributed by atoms with Gasteiger partial charge in [-0.25, -0.2) is 9.37 Å². The minimum atomic E-state index is -1.01. The highest BCUT2D eigenvalue weighted by atomic mass is 19.1. The Morgan fingerprint density at radius 3 is 2.50 bits per heavy atom. The molecule has 1 aliphatic carbocycles. The molecule has 6 heteroatoms. The van der Waals surface area contributed by atoms with Gasteiger partial charge in [0.2, 0.25) is 0 Å². The fourth-order valence-corrected chi connectivity index (χ4v) is 3.71. The van der Waals surface area contributed by atoms with Crippen molar-refractivity contribution in [1.29, 1.82) is 0 Å². The second-order valence-electron chi connectivity index (χ2n) is 7.99. The van der Waals surface area contributed by atoms with E-state index >= 15 is 0 Å². The summed E-state index contributed by atoms with van der Waals surface area (Å²) >= 11 is 0. The maximum absolute atomic E-state index is 13.4. The van der Waals surface area contributed by atoms with E-state index in [1.165, 1.54) is 12.1 Å². The number of halogens is 1. The molecule has 0 radical (unpaired) electrons. The molecule has 5 nitrogen and oxygen atoms in total. The van der Waals surface area contributed by atoms with Gasteiger partial charge < -0.3 is 9.51 Å². The first-order chi connectivity index (χ1) is 13.4.